The van der Waals surface area contributed by atoms with Crippen molar-refractivity contribution in [2.75, 3.05) is 18.5 Å². The average Bonchev–Trinajstić information content (AvgIpc) is 2.62. The summed E-state index contributed by atoms with van der Waals surface area (Å²) >= 11 is 0. The number of urea groups is 1. The number of ether oxygens (including phenoxy) is 1. The van der Waals surface area contributed by atoms with Gasteiger partial charge in [0.15, 0.2) is 0 Å². The monoisotopic (exact) mass is 343 g/mol. The zero-order valence-corrected chi connectivity index (χ0v) is 14.0. The van der Waals surface area contributed by atoms with Crippen LogP contribution in [0.3, 0.4) is 0 Å². The highest BCUT2D eigenvalue weighted by molar-refractivity contribution is 5.89. The second-order valence-corrected chi connectivity index (χ2v) is 5.47. The summed E-state index contributed by atoms with van der Waals surface area (Å²) in [5, 5.41) is 16.0. The zero-order chi connectivity index (χ0) is 18.1. The van der Waals surface area contributed by atoms with Crippen LogP contribution in [0.25, 0.3) is 0 Å². The number of rotatable bonds is 8. The summed E-state index contributed by atoms with van der Waals surface area (Å²) in [4.78, 5) is 22.0. The molecule has 7 nitrogen and oxygen atoms in total. The molecule has 0 spiro atoms. The van der Waals surface area contributed by atoms with E-state index < -0.39 is 11.0 Å². The Kier molecular flexibility index (Phi) is 6.91. The van der Waals surface area contributed by atoms with Gasteiger partial charge in [0.05, 0.1) is 11.0 Å². The molecule has 132 valence electrons. The van der Waals surface area contributed by atoms with E-state index in [1.807, 2.05) is 37.3 Å². The quantitative estimate of drug-likeness (QED) is 0.432. The third kappa shape index (κ3) is 6.23. The maximum absolute atomic E-state index is 11.8. The Morgan fingerprint density at radius 1 is 1.20 bits per heavy atom. The second-order valence-electron chi connectivity index (χ2n) is 5.47. The van der Waals surface area contributed by atoms with Crippen molar-refractivity contribution in [3.8, 4) is 0 Å². The van der Waals surface area contributed by atoms with Gasteiger partial charge in [0.25, 0.3) is 5.69 Å². The number of nitro groups is 1. The van der Waals surface area contributed by atoms with Gasteiger partial charge < -0.3 is 15.4 Å². The van der Waals surface area contributed by atoms with Crippen LogP contribution in [-0.4, -0.2) is 24.1 Å². The highest BCUT2D eigenvalue weighted by Crippen LogP contribution is 2.17. The topological polar surface area (TPSA) is 93.5 Å². The van der Waals surface area contributed by atoms with Crippen LogP contribution in [0.4, 0.5) is 16.2 Å². The second kappa shape index (κ2) is 9.39. The highest BCUT2D eigenvalue weighted by Gasteiger charge is 2.08. The van der Waals surface area contributed by atoms with Crippen LogP contribution < -0.4 is 10.6 Å². The van der Waals surface area contributed by atoms with Gasteiger partial charge in [-0.2, -0.15) is 0 Å². The van der Waals surface area contributed by atoms with E-state index in [2.05, 4.69) is 10.6 Å². The maximum atomic E-state index is 11.8. The molecule has 0 aliphatic carbocycles. The summed E-state index contributed by atoms with van der Waals surface area (Å²) in [7, 11) is 0. The van der Waals surface area contributed by atoms with Crippen LogP contribution in [0.2, 0.25) is 0 Å². The van der Waals surface area contributed by atoms with E-state index in [9.17, 15) is 14.9 Å². The van der Waals surface area contributed by atoms with Gasteiger partial charge in [0.1, 0.15) is 0 Å². The van der Waals surface area contributed by atoms with Crippen molar-refractivity contribution < 1.29 is 14.5 Å². The van der Waals surface area contributed by atoms with E-state index in [1.165, 1.54) is 18.2 Å². The molecule has 2 N–H and O–H groups in total. The first-order valence-corrected chi connectivity index (χ1v) is 8.02. The number of hydrogen-bond donors (Lipinski definition) is 2. The van der Waals surface area contributed by atoms with Gasteiger partial charge in [0.2, 0.25) is 0 Å². The molecule has 2 aromatic carbocycles. The predicted octanol–water partition coefficient (Wildman–Crippen LogP) is 3.88. The summed E-state index contributed by atoms with van der Waals surface area (Å²) < 4.78 is 5.72. The van der Waals surface area contributed by atoms with Crippen molar-refractivity contribution in [3.63, 3.8) is 0 Å². The van der Waals surface area contributed by atoms with Crippen LogP contribution in [0.1, 0.15) is 25.0 Å². The van der Waals surface area contributed by atoms with E-state index >= 15 is 0 Å². The molecule has 1 atom stereocenters. The first kappa shape index (κ1) is 18.4. The molecule has 2 rings (SSSR count). The molecule has 25 heavy (non-hydrogen) atoms. The van der Waals surface area contributed by atoms with Gasteiger partial charge in [-0.3, -0.25) is 10.1 Å². The lowest BCUT2D eigenvalue weighted by Gasteiger charge is -2.13. The SMILES string of the molecule is CC(OCCCNC(=O)Nc1cccc([N+](=O)[O-])c1)c1ccccc1. The van der Waals surface area contributed by atoms with Crippen molar-refractivity contribution >= 4 is 17.4 Å². The number of nitro benzene ring substituents is 1. The molecule has 0 radical (unpaired) electrons. The molecule has 0 heterocycles. The van der Waals surface area contributed by atoms with Crippen molar-refractivity contribution in [1.29, 1.82) is 0 Å². The fourth-order valence-corrected chi connectivity index (χ4v) is 2.23. The molecule has 2 amide bonds. The molecule has 7 heteroatoms. The highest BCUT2D eigenvalue weighted by atomic mass is 16.6. The normalized spacial score (nSPS) is 11.6. The van der Waals surface area contributed by atoms with Crippen molar-refractivity contribution in [2.45, 2.75) is 19.4 Å². The Bertz CT molecular complexity index is 706. The van der Waals surface area contributed by atoms with E-state index in [-0.39, 0.29) is 11.8 Å². The summed E-state index contributed by atoms with van der Waals surface area (Å²) in [6.07, 6.45) is 0.666. The maximum Gasteiger partial charge on any atom is 0.319 e. The molecular formula is C18H21N3O4. The van der Waals surface area contributed by atoms with E-state index in [4.69, 9.17) is 4.74 Å². The molecule has 0 saturated heterocycles. The average molecular weight is 343 g/mol. The standard InChI is InChI=1S/C18H21N3O4/c1-14(15-7-3-2-4-8-15)25-12-6-11-19-18(22)20-16-9-5-10-17(13-16)21(23)24/h2-5,7-10,13-14H,6,11-12H2,1H3,(H2,19,20,22). The zero-order valence-electron chi connectivity index (χ0n) is 14.0. The first-order valence-electron chi connectivity index (χ1n) is 8.02. The molecule has 0 saturated carbocycles. The van der Waals surface area contributed by atoms with E-state index in [1.54, 1.807) is 6.07 Å². The molecule has 0 aromatic heterocycles. The number of nitrogens with one attached hydrogen (secondary N) is 2. The minimum atomic E-state index is -0.506. The minimum absolute atomic E-state index is 0.0000977. The van der Waals surface area contributed by atoms with Crippen molar-refractivity contribution in [2.24, 2.45) is 0 Å². The molecule has 0 bridgehead atoms. The third-order valence-electron chi connectivity index (χ3n) is 3.56. The fraction of sp³-hybridized carbons (Fsp3) is 0.278. The Balaban J connectivity index is 1.65. The minimum Gasteiger partial charge on any atom is -0.374 e. The first-order chi connectivity index (χ1) is 12.1. The van der Waals surface area contributed by atoms with E-state index in [0.717, 1.165) is 5.56 Å². The third-order valence-corrected chi connectivity index (χ3v) is 3.56. The van der Waals surface area contributed by atoms with Crippen LogP contribution in [-0.2, 0) is 4.74 Å². The Hall–Kier alpha value is -2.93. The fourth-order valence-electron chi connectivity index (χ4n) is 2.23. The van der Waals surface area contributed by atoms with Gasteiger partial charge in [-0.25, -0.2) is 4.79 Å². The number of hydrogen-bond acceptors (Lipinski definition) is 4. The van der Waals surface area contributed by atoms with Gasteiger partial charge >= 0.3 is 6.03 Å². The number of nitrogens with zero attached hydrogens (tertiary/aromatic N) is 1. The van der Waals surface area contributed by atoms with Gasteiger partial charge in [0, 0.05) is 31.0 Å². The molecule has 0 aliphatic heterocycles. The summed E-state index contributed by atoms with van der Waals surface area (Å²) in [6.45, 7) is 2.95. The van der Waals surface area contributed by atoms with Crippen LogP contribution in [0.15, 0.2) is 54.6 Å². The molecule has 2 aromatic rings. The number of non-ortho nitro benzene ring substituents is 1. The Labute approximate surface area is 146 Å². The number of anilines is 1. The number of carbonyl (C=O) groups excluding carboxylic acids is 1. The van der Waals surface area contributed by atoms with Gasteiger partial charge in [-0.15, -0.1) is 0 Å². The van der Waals surface area contributed by atoms with E-state index in [0.29, 0.717) is 25.3 Å². The predicted molar refractivity (Wildman–Crippen MR) is 95.5 cm³/mol. The summed E-state index contributed by atoms with van der Waals surface area (Å²) in [5.74, 6) is 0. The van der Waals surface area contributed by atoms with Crippen molar-refractivity contribution in [3.05, 3.63) is 70.3 Å². The van der Waals surface area contributed by atoms with Crippen LogP contribution in [0.5, 0.6) is 0 Å². The number of carbonyl (C=O) groups is 1. The lowest BCUT2D eigenvalue weighted by molar-refractivity contribution is -0.384. The largest absolute Gasteiger partial charge is 0.374 e. The Morgan fingerprint density at radius 3 is 2.68 bits per heavy atom. The van der Waals surface area contributed by atoms with Crippen molar-refractivity contribution in [1.82, 2.24) is 5.32 Å². The Morgan fingerprint density at radius 2 is 1.96 bits per heavy atom. The summed E-state index contributed by atoms with van der Waals surface area (Å²) in [6, 6.07) is 15.3. The molecule has 1 unspecified atom stereocenters. The van der Waals surface area contributed by atoms with Crippen LogP contribution in [0, 0.1) is 10.1 Å². The van der Waals surface area contributed by atoms with Crippen LogP contribution >= 0.6 is 0 Å². The lowest BCUT2D eigenvalue weighted by atomic mass is 10.1. The molecule has 0 fully saturated rings. The van der Waals surface area contributed by atoms with Gasteiger partial charge in [-0.1, -0.05) is 36.4 Å². The van der Waals surface area contributed by atoms with Gasteiger partial charge in [-0.05, 0) is 25.0 Å². The smallest absolute Gasteiger partial charge is 0.319 e. The number of benzene rings is 2. The summed E-state index contributed by atoms with van der Waals surface area (Å²) in [5.41, 5.74) is 1.42. The molecular weight excluding hydrogens is 322 g/mol. The molecule has 0 aliphatic rings. The lowest BCUT2D eigenvalue weighted by Crippen LogP contribution is -2.30. The number of amides is 2.